The Labute approximate surface area is 313 Å². The fraction of sp³-hybridized carbons (Fsp3) is 0.372. The Morgan fingerprint density at radius 1 is 0.796 bits per heavy atom. The van der Waals surface area contributed by atoms with E-state index in [0.717, 1.165) is 43.4 Å². The number of halogens is 3. The molecule has 0 saturated heterocycles. The molecule has 4 aromatic rings. The van der Waals surface area contributed by atoms with Crippen LogP contribution >= 0.6 is 0 Å². The van der Waals surface area contributed by atoms with Gasteiger partial charge in [-0.2, -0.15) is 13.2 Å². The van der Waals surface area contributed by atoms with Crippen molar-refractivity contribution in [3.63, 3.8) is 0 Å². The van der Waals surface area contributed by atoms with E-state index in [4.69, 9.17) is 9.47 Å². The van der Waals surface area contributed by atoms with Crippen LogP contribution in [0.15, 0.2) is 91.0 Å². The number of nitrogens with one attached hydrogen (secondary N) is 1. The van der Waals surface area contributed by atoms with Gasteiger partial charge in [-0.05, 0) is 114 Å². The molecule has 0 bridgehead atoms. The Hall–Kier alpha value is -5.32. The predicted molar refractivity (Wildman–Crippen MR) is 197 cm³/mol. The molecular weight excluding hydrogens is 697 g/mol. The first-order valence-corrected chi connectivity index (χ1v) is 18.3. The van der Waals surface area contributed by atoms with Gasteiger partial charge in [0.2, 0.25) is 11.8 Å². The normalized spacial score (nSPS) is 16.7. The highest BCUT2D eigenvalue weighted by Crippen LogP contribution is 2.38. The summed E-state index contributed by atoms with van der Waals surface area (Å²) in [5, 5.41) is 12.7. The minimum atomic E-state index is -4.47. The zero-order valence-electron chi connectivity index (χ0n) is 30.6. The Morgan fingerprint density at radius 3 is 1.89 bits per heavy atom. The van der Waals surface area contributed by atoms with Gasteiger partial charge in [0, 0.05) is 13.0 Å². The topological polar surface area (TPSA) is 105 Å². The average molecular weight is 743 g/mol. The van der Waals surface area contributed by atoms with Crippen molar-refractivity contribution in [2.24, 2.45) is 5.92 Å². The number of ether oxygens (including phenoxy) is 2. The number of nitrogens with zero attached hydrogens (tertiary/aromatic N) is 1. The van der Waals surface area contributed by atoms with Gasteiger partial charge < -0.3 is 24.8 Å². The molecule has 8 nitrogen and oxygen atoms in total. The lowest BCUT2D eigenvalue weighted by molar-refractivity contribution is -0.143. The van der Waals surface area contributed by atoms with E-state index >= 15 is 0 Å². The van der Waals surface area contributed by atoms with Gasteiger partial charge in [0.05, 0.1) is 18.0 Å². The van der Waals surface area contributed by atoms with Gasteiger partial charge in [0.25, 0.3) is 0 Å². The largest absolute Gasteiger partial charge is 0.481 e. The van der Waals surface area contributed by atoms with Crippen LogP contribution in [0.3, 0.4) is 0 Å². The SMILES string of the molecule is CC(C)(C)c1ccc(Oc2ccc3c(c2)CCN(C(=O)CC2CCCC2)C3C(=O)NC(CC(=O)O)c2ccc(Oc3ccc(C(F)(F)F)cc3)cc2)cc1. The first-order chi connectivity index (χ1) is 25.6. The summed E-state index contributed by atoms with van der Waals surface area (Å²) >= 11 is 0. The van der Waals surface area contributed by atoms with Crippen LogP contribution in [0, 0.1) is 5.92 Å². The highest BCUT2D eigenvalue weighted by molar-refractivity contribution is 5.90. The van der Waals surface area contributed by atoms with Crippen molar-refractivity contribution in [2.45, 2.75) is 89.4 Å². The third kappa shape index (κ3) is 9.42. The van der Waals surface area contributed by atoms with E-state index in [1.54, 1.807) is 35.2 Å². The first kappa shape index (κ1) is 38.4. The molecule has 2 N–H and O–H groups in total. The van der Waals surface area contributed by atoms with Crippen LogP contribution in [-0.4, -0.2) is 34.3 Å². The van der Waals surface area contributed by atoms with Crippen LogP contribution in [0.2, 0.25) is 0 Å². The third-order valence-electron chi connectivity index (χ3n) is 10.2. The minimum Gasteiger partial charge on any atom is -0.481 e. The lowest BCUT2D eigenvalue weighted by Gasteiger charge is -2.38. The van der Waals surface area contributed by atoms with Crippen molar-refractivity contribution in [1.29, 1.82) is 0 Å². The van der Waals surface area contributed by atoms with Crippen molar-refractivity contribution >= 4 is 17.8 Å². The number of hydrogen-bond acceptors (Lipinski definition) is 5. The molecule has 0 spiro atoms. The number of carbonyl (C=O) groups is 3. The summed E-state index contributed by atoms with van der Waals surface area (Å²) < 4.78 is 50.8. The van der Waals surface area contributed by atoms with Crippen LogP contribution in [0.25, 0.3) is 0 Å². The van der Waals surface area contributed by atoms with E-state index in [9.17, 15) is 32.7 Å². The summed E-state index contributed by atoms with van der Waals surface area (Å²) in [5.74, 6) is 0.304. The zero-order chi connectivity index (χ0) is 38.6. The summed E-state index contributed by atoms with van der Waals surface area (Å²) in [4.78, 5) is 41.8. The van der Waals surface area contributed by atoms with Gasteiger partial charge in [-0.3, -0.25) is 14.4 Å². The molecule has 6 rings (SSSR count). The van der Waals surface area contributed by atoms with E-state index in [-0.39, 0.29) is 23.0 Å². The molecule has 0 aromatic heterocycles. The fourth-order valence-corrected chi connectivity index (χ4v) is 7.25. The van der Waals surface area contributed by atoms with Crippen molar-refractivity contribution in [1.82, 2.24) is 10.2 Å². The number of rotatable bonds is 11. The fourth-order valence-electron chi connectivity index (χ4n) is 7.25. The number of carboxylic acid groups (broad SMARTS) is 1. The van der Waals surface area contributed by atoms with Gasteiger partial charge in [-0.15, -0.1) is 0 Å². The van der Waals surface area contributed by atoms with E-state index in [1.807, 2.05) is 36.4 Å². The number of aliphatic carboxylic acids is 1. The molecule has 2 aliphatic rings. The molecule has 2 amide bonds. The van der Waals surface area contributed by atoms with Gasteiger partial charge in [0.15, 0.2) is 0 Å². The van der Waals surface area contributed by atoms with Crippen LogP contribution in [0.5, 0.6) is 23.0 Å². The molecule has 1 aliphatic carbocycles. The van der Waals surface area contributed by atoms with Gasteiger partial charge >= 0.3 is 12.1 Å². The maximum absolute atomic E-state index is 14.3. The standard InChI is InChI=1S/C43H45F3N2O6/c1-42(2,3)30-10-16-34(17-11-30)54-35-20-21-36-29(25-35)22-23-48(38(49)24-27-6-4-5-7-27)40(36)41(52)47-37(26-39(50)51)28-8-14-32(15-9-28)53-33-18-12-31(13-19-33)43(44,45)46/h8-21,25,27,37,40H,4-7,22-24,26H2,1-3H3,(H,47,52)(H,50,51). The highest BCUT2D eigenvalue weighted by Gasteiger charge is 2.38. The van der Waals surface area contributed by atoms with Crippen LogP contribution < -0.4 is 14.8 Å². The number of carboxylic acids is 1. The van der Waals surface area contributed by atoms with Crippen LogP contribution in [0.1, 0.15) is 99.2 Å². The molecule has 1 fully saturated rings. The Morgan fingerprint density at radius 2 is 1.33 bits per heavy atom. The number of fused-ring (bicyclic) bond motifs is 1. The Kier molecular flexibility index (Phi) is 11.4. The van der Waals surface area contributed by atoms with E-state index in [1.165, 1.54) is 17.7 Å². The van der Waals surface area contributed by atoms with Crippen LogP contribution in [-0.2, 0) is 32.4 Å². The van der Waals surface area contributed by atoms with Gasteiger partial charge in [-0.25, -0.2) is 0 Å². The van der Waals surface area contributed by atoms with E-state index < -0.39 is 42.1 Å². The van der Waals surface area contributed by atoms with Crippen LogP contribution in [0.4, 0.5) is 13.2 Å². The van der Waals surface area contributed by atoms with Gasteiger partial charge in [-0.1, -0.05) is 63.9 Å². The van der Waals surface area contributed by atoms with Gasteiger partial charge in [0.1, 0.15) is 29.0 Å². The molecule has 4 aromatic carbocycles. The molecule has 2 unspecified atom stereocenters. The summed E-state index contributed by atoms with van der Waals surface area (Å²) in [6, 6.07) is 22.1. The second kappa shape index (κ2) is 16.0. The van der Waals surface area contributed by atoms with E-state index in [0.29, 0.717) is 47.8 Å². The molecular formula is C43H45F3N2O6. The lowest BCUT2D eigenvalue weighted by Crippen LogP contribution is -2.48. The summed E-state index contributed by atoms with van der Waals surface area (Å²) in [7, 11) is 0. The molecule has 2 atom stereocenters. The van der Waals surface area contributed by atoms with Crippen molar-refractivity contribution in [3.8, 4) is 23.0 Å². The van der Waals surface area contributed by atoms with Crippen molar-refractivity contribution in [2.75, 3.05) is 6.54 Å². The Bertz CT molecular complexity index is 1950. The number of carbonyl (C=O) groups excluding carboxylic acids is 2. The highest BCUT2D eigenvalue weighted by atomic mass is 19.4. The van der Waals surface area contributed by atoms with E-state index in [2.05, 4.69) is 26.1 Å². The molecule has 1 saturated carbocycles. The van der Waals surface area contributed by atoms with Crippen molar-refractivity contribution in [3.05, 3.63) is 119 Å². The molecule has 1 aliphatic heterocycles. The summed E-state index contributed by atoms with van der Waals surface area (Å²) in [5.41, 5.74) is 2.38. The second-order valence-electron chi connectivity index (χ2n) is 15.2. The minimum absolute atomic E-state index is 0.000685. The summed E-state index contributed by atoms with van der Waals surface area (Å²) in [6.07, 6.45) is 0.0858. The summed E-state index contributed by atoms with van der Waals surface area (Å²) in [6.45, 7) is 6.75. The average Bonchev–Trinajstić information content (AvgIpc) is 3.63. The maximum Gasteiger partial charge on any atom is 0.416 e. The Balaban J connectivity index is 1.23. The monoisotopic (exact) mass is 742 g/mol. The molecule has 11 heteroatoms. The molecule has 1 heterocycles. The maximum atomic E-state index is 14.3. The quantitative estimate of drug-likeness (QED) is 0.159. The third-order valence-corrected chi connectivity index (χ3v) is 10.2. The van der Waals surface area contributed by atoms with Crippen molar-refractivity contribution < 1.29 is 42.1 Å². The molecule has 284 valence electrons. The number of alkyl halides is 3. The lowest BCUT2D eigenvalue weighted by atomic mass is 9.87. The second-order valence-corrected chi connectivity index (χ2v) is 15.2. The number of hydrogen-bond donors (Lipinski definition) is 2. The number of amides is 2. The first-order valence-electron chi connectivity index (χ1n) is 18.3. The zero-order valence-corrected chi connectivity index (χ0v) is 30.6. The molecule has 54 heavy (non-hydrogen) atoms. The predicted octanol–water partition coefficient (Wildman–Crippen LogP) is 9.93. The molecule has 0 radical (unpaired) electrons. The number of benzene rings is 4. The smallest absolute Gasteiger partial charge is 0.416 e.